The number of fused-ring (bicyclic) bond motifs is 2. The Morgan fingerprint density at radius 1 is 1.54 bits per heavy atom. The average Bonchev–Trinajstić information content (AvgIpc) is 2.18. The number of rotatable bonds is 1. The molecule has 0 N–H and O–H groups in total. The molecule has 0 radical (unpaired) electrons. The molecule has 0 amide bonds. The summed E-state index contributed by atoms with van der Waals surface area (Å²) in [6.45, 7) is 2.23. The van der Waals surface area contributed by atoms with Gasteiger partial charge in [0.15, 0.2) is 0 Å². The lowest BCUT2D eigenvalue weighted by molar-refractivity contribution is 0.229. The van der Waals surface area contributed by atoms with Crippen LogP contribution in [-0.2, 0) is 0 Å². The Balaban J connectivity index is 2.14. The summed E-state index contributed by atoms with van der Waals surface area (Å²) < 4.78 is 0. The highest BCUT2D eigenvalue weighted by Gasteiger charge is 2.32. The lowest BCUT2D eigenvalue weighted by Gasteiger charge is -2.36. The van der Waals surface area contributed by atoms with Crippen LogP contribution in [0, 0.1) is 29.1 Å². The topological polar surface area (TPSA) is 23.8 Å². The van der Waals surface area contributed by atoms with Gasteiger partial charge in [0, 0.05) is 5.92 Å². The van der Waals surface area contributed by atoms with Crippen LogP contribution in [0.2, 0.25) is 0 Å². The van der Waals surface area contributed by atoms with E-state index in [2.05, 4.69) is 19.1 Å². The van der Waals surface area contributed by atoms with E-state index in [1.165, 1.54) is 25.7 Å². The van der Waals surface area contributed by atoms with E-state index in [-0.39, 0.29) is 0 Å². The smallest absolute Gasteiger partial charge is 0.0658 e. The molecule has 3 unspecified atom stereocenters. The van der Waals surface area contributed by atoms with Gasteiger partial charge < -0.3 is 0 Å². The second kappa shape index (κ2) is 3.54. The van der Waals surface area contributed by atoms with Crippen LogP contribution < -0.4 is 0 Å². The van der Waals surface area contributed by atoms with E-state index in [1.54, 1.807) is 5.57 Å². The lowest BCUT2D eigenvalue weighted by Crippen LogP contribution is -2.27. The Labute approximate surface area is 80.4 Å². The molecule has 3 atom stereocenters. The van der Waals surface area contributed by atoms with Crippen LogP contribution >= 0.6 is 0 Å². The van der Waals surface area contributed by atoms with Gasteiger partial charge in [0.05, 0.1) is 6.07 Å². The van der Waals surface area contributed by atoms with Crippen LogP contribution in [0.3, 0.4) is 0 Å². The molecule has 2 aliphatic carbocycles. The predicted molar refractivity (Wildman–Crippen MR) is 52.9 cm³/mol. The summed E-state index contributed by atoms with van der Waals surface area (Å²) in [5.74, 6) is 1.84. The van der Waals surface area contributed by atoms with Crippen LogP contribution in [-0.4, -0.2) is 0 Å². The van der Waals surface area contributed by atoms with Gasteiger partial charge in [-0.2, -0.15) is 5.26 Å². The fourth-order valence-corrected chi connectivity index (χ4v) is 2.85. The molecule has 0 spiro atoms. The number of nitriles is 1. The molecule has 0 aromatic rings. The maximum Gasteiger partial charge on any atom is 0.0658 e. The van der Waals surface area contributed by atoms with Crippen molar-refractivity contribution in [3.8, 4) is 6.07 Å². The minimum Gasteiger partial charge on any atom is -0.198 e. The zero-order chi connectivity index (χ0) is 9.26. The number of hydrogen-bond acceptors (Lipinski definition) is 1. The van der Waals surface area contributed by atoms with Crippen molar-refractivity contribution in [2.45, 2.75) is 39.0 Å². The van der Waals surface area contributed by atoms with Gasteiger partial charge >= 0.3 is 0 Å². The molecule has 0 aliphatic heterocycles. The molecule has 2 bridgehead atoms. The van der Waals surface area contributed by atoms with Crippen molar-refractivity contribution in [1.82, 2.24) is 0 Å². The van der Waals surface area contributed by atoms with Gasteiger partial charge in [0.1, 0.15) is 0 Å². The summed E-state index contributed by atoms with van der Waals surface area (Å²) in [4.78, 5) is 0. The molecule has 1 heteroatoms. The van der Waals surface area contributed by atoms with Gasteiger partial charge in [0.2, 0.25) is 0 Å². The molecule has 0 saturated heterocycles. The number of allylic oxidation sites excluding steroid dienone is 2. The van der Waals surface area contributed by atoms with Gasteiger partial charge in [-0.15, -0.1) is 0 Å². The van der Waals surface area contributed by atoms with E-state index in [4.69, 9.17) is 5.26 Å². The highest BCUT2D eigenvalue weighted by atomic mass is 14.4. The number of nitrogens with zero attached hydrogens (tertiary/aromatic N) is 1. The monoisotopic (exact) mass is 175 g/mol. The normalized spacial score (nSPS) is 37.8. The molecule has 0 heterocycles. The summed E-state index contributed by atoms with van der Waals surface area (Å²) in [7, 11) is 0. The Kier molecular flexibility index (Phi) is 2.40. The van der Waals surface area contributed by atoms with Crippen LogP contribution in [0.1, 0.15) is 39.0 Å². The van der Waals surface area contributed by atoms with Crippen molar-refractivity contribution in [3.05, 3.63) is 11.6 Å². The van der Waals surface area contributed by atoms with E-state index < -0.39 is 0 Å². The molecular formula is C12H17N. The molecule has 1 nitrogen and oxygen atoms in total. The van der Waals surface area contributed by atoms with Crippen molar-refractivity contribution < 1.29 is 0 Å². The zero-order valence-corrected chi connectivity index (χ0v) is 8.29. The quantitative estimate of drug-likeness (QED) is 0.561. The first-order valence-electron chi connectivity index (χ1n) is 5.42. The zero-order valence-electron chi connectivity index (χ0n) is 8.29. The van der Waals surface area contributed by atoms with E-state index in [9.17, 15) is 0 Å². The average molecular weight is 175 g/mol. The Bertz CT molecular complexity index is 259. The first-order valence-corrected chi connectivity index (χ1v) is 5.42. The van der Waals surface area contributed by atoms with Gasteiger partial charge in [-0.1, -0.05) is 18.6 Å². The third-order valence-corrected chi connectivity index (χ3v) is 3.64. The fourth-order valence-electron chi connectivity index (χ4n) is 2.85. The molecule has 1 saturated carbocycles. The largest absolute Gasteiger partial charge is 0.198 e. The summed E-state index contributed by atoms with van der Waals surface area (Å²) in [6.07, 6.45) is 8.53. The standard InChI is InChI=1S/C12H17N/c1-2-9-5-10-3-4-11(8-13)12(6-9)7-10/h5,10-12H,2-4,6-7H2,1H3. The molecule has 1 fully saturated rings. The van der Waals surface area contributed by atoms with E-state index in [0.29, 0.717) is 11.8 Å². The van der Waals surface area contributed by atoms with E-state index in [1.807, 2.05) is 0 Å². The summed E-state index contributed by atoms with van der Waals surface area (Å²) in [5.41, 5.74) is 1.60. The predicted octanol–water partition coefficient (Wildman–Crippen LogP) is 3.28. The molecule has 0 aromatic heterocycles. The van der Waals surface area contributed by atoms with Gasteiger partial charge in [-0.25, -0.2) is 0 Å². The summed E-state index contributed by atoms with van der Waals surface area (Å²) in [6, 6.07) is 2.48. The van der Waals surface area contributed by atoms with E-state index >= 15 is 0 Å². The first kappa shape index (κ1) is 8.81. The third-order valence-electron chi connectivity index (χ3n) is 3.64. The van der Waals surface area contributed by atoms with Crippen LogP contribution in [0.5, 0.6) is 0 Å². The van der Waals surface area contributed by atoms with Crippen LogP contribution in [0.15, 0.2) is 11.6 Å². The minimum atomic E-state index is 0.353. The van der Waals surface area contributed by atoms with Crippen LogP contribution in [0.4, 0.5) is 0 Å². The van der Waals surface area contributed by atoms with Crippen LogP contribution in [0.25, 0.3) is 0 Å². The first-order chi connectivity index (χ1) is 6.33. The molecule has 0 aromatic carbocycles. The molecule has 2 aliphatic rings. The van der Waals surface area contributed by atoms with E-state index in [0.717, 1.165) is 12.3 Å². The highest BCUT2D eigenvalue weighted by molar-refractivity contribution is 5.13. The number of hydrogen-bond donors (Lipinski definition) is 0. The summed E-state index contributed by atoms with van der Waals surface area (Å²) >= 11 is 0. The van der Waals surface area contributed by atoms with Gasteiger partial charge in [0.25, 0.3) is 0 Å². The molecule has 70 valence electrons. The third kappa shape index (κ3) is 1.63. The van der Waals surface area contributed by atoms with Crippen molar-refractivity contribution >= 4 is 0 Å². The minimum absolute atomic E-state index is 0.353. The van der Waals surface area contributed by atoms with Crippen molar-refractivity contribution in [2.75, 3.05) is 0 Å². The summed E-state index contributed by atoms with van der Waals surface area (Å²) in [5, 5.41) is 8.99. The Morgan fingerprint density at radius 2 is 2.38 bits per heavy atom. The van der Waals surface area contributed by atoms with Crippen molar-refractivity contribution in [1.29, 1.82) is 5.26 Å². The second-order valence-electron chi connectivity index (χ2n) is 4.45. The second-order valence-corrected chi connectivity index (χ2v) is 4.45. The highest BCUT2D eigenvalue weighted by Crippen LogP contribution is 2.42. The SMILES string of the molecule is CCC1=CC2CCC(C#N)C(C1)C2. The fraction of sp³-hybridized carbons (Fsp3) is 0.750. The van der Waals surface area contributed by atoms with Gasteiger partial charge in [-0.3, -0.25) is 0 Å². The maximum atomic E-state index is 8.99. The molecular weight excluding hydrogens is 158 g/mol. The Morgan fingerprint density at radius 3 is 3.08 bits per heavy atom. The van der Waals surface area contributed by atoms with Crippen molar-refractivity contribution in [3.63, 3.8) is 0 Å². The lowest BCUT2D eigenvalue weighted by atomic mass is 9.68. The van der Waals surface area contributed by atoms with Crippen molar-refractivity contribution in [2.24, 2.45) is 17.8 Å². The van der Waals surface area contributed by atoms with Gasteiger partial charge in [-0.05, 0) is 43.9 Å². The Hall–Kier alpha value is -0.770. The maximum absolute atomic E-state index is 8.99. The molecule has 13 heavy (non-hydrogen) atoms. The molecule has 2 rings (SSSR count).